The number of aromatic nitrogens is 1. The summed E-state index contributed by atoms with van der Waals surface area (Å²) in [6.45, 7) is 9.87. The number of benzene rings is 1. The number of Topliss-reactive ketones (excluding diaryl/α,β-unsaturated/α-hetero) is 1. The van der Waals surface area contributed by atoms with Gasteiger partial charge in [-0.3, -0.25) is 23.4 Å². The molecule has 2 aliphatic carbocycles. The highest BCUT2D eigenvalue weighted by molar-refractivity contribution is 7.85. The van der Waals surface area contributed by atoms with E-state index in [2.05, 4.69) is 11.6 Å². The number of carbonyl (C=O) groups is 4. The molecule has 3 aliphatic rings. The highest BCUT2D eigenvalue weighted by Gasteiger charge is 2.61. The van der Waals surface area contributed by atoms with Crippen molar-refractivity contribution in [2.75, 3.05) is 13.7 Å². The van der Waals surface area contributed by atoms with Gasteiger partial charge in [0.1, 0.15) is 11.9 Å². The predicted octanol–water partition coefficient (Wildman–Crippen LogP) is 5.22. The van der Waals surface area contributed by atoms with Crippen molar-refractivity contribution in [3.8, 4) is 11.6 Å². The quantitative estimate of drug-likeness (QED) is 0.186. The second kappa shape index (κ2) is 14.8. The number of likely N-dealkylation sites (tertiary alicyclic amines) is 1. The average molecular weight is 782 g/mol. The number of rotatable bonds is 15. The Morgan fingerprint density at radius 1 is 1.09 bits per heavy atom. The molecule has 54 heavy (non-hydrogen) atoms. The highest BCUT2D eigenvalue weighted by Crippen LogP contribution is 2.57. The molecule has 0 bridgehead atoms. The molecule has 0 radical (unpaired) electrons. The molecule has 2 aromatic rings. The fourth-order valence-corrected chi connectivity index (χ4v) is 7.68. The van der Waals surface area contributed by atoms with Gasteiger partial charge in [-0.05, 0) is 74.1 Å². The summed E-state index contributed by atoms with van der Waals surface area (Å²) >= 11 is 0. The van der Waals surface area contributed by atoms with E-state index in [1.54, 1.807) is 45.0 Å². The van der Waals surface area contributed by atoms with Gasteiger partial charge in [-0.1, -0.05) is 26.8 Å². The molecule has 2 saturated carbocycles. The van der Waals surface area contributed by atoms with Gasteiger partial charge in [0.2, 0.25) is 23.3 Å². The van der Waals surface area contributed by atoms with Crippen LogP contribution in [0.25, 0.3) is 10.8 Å². The van der Waals surface area contributed by atoms with Crippen LogP contribution in [0.5, 0.6) is 11.6 Å². The topological polar surface area (TPSA) is 168 Å². The van der Waals surface area contributed by atoms with E-state index in [0.717, 1.165) is 5.39 Å². The zero-order valence-corrected chi connectivity index (χ0v) is 31.8. The number of carbonyl (C=O) groups excluding carboxylic acids is 4. The normalized spacial score (nSPS) is 23.7. The zero-order chi connectivity index (χ0) is 40.0. The number of nitrogens with zero attached hydrogens (tertiary/aromatic N) is 2. The number of ketones is 1. The molecular formula is C37H46F3N3O10S. The molecule has 3 fully saturated rings. The Balaban J connectivity index is 1.44. The first-order valence-corrected chi connectivity index (χ1v) is 19.0. The van der Waals surface area contributed by atoms with Crippen LogP contribution in [0, 0.1) is 22.7 Å². The number of alkyl halides is 3. The summed E-state index contributed by atoms with van der Waals surface area (Å²) in [4.78, 5) is 60.9. The van der Waals surface area contributed by atoms with E-state index < -0.39 is 99.4 Å². The lowest BCUT2D eigenvalue weighted by Crippen LogP contribution is -2.49. The van der Waals surface area contributed by atoms with Gasteiger partial charge >= 0.3 is 22.4 Å². The van der Waals surface area contributed by atoms with E-state index in [9.17, 15) is 40.8 Å². The standard InChI is InChI=1S/C37H46F3N3O10S/c1-8-22-18-36(22,33(47)42-54(48,49)53-23-9-10-23)19-29(44)28-16-25(51-31-26-12-11-24(50-7)15-21(26)13-14-41-31)20-43(28)32(46)27(34(2,3)4)17-30(45)52-35(5,6)37(38,39)40/h8,11-15,22-23,25,27-28H,1,9-10,16-20H2,2-7H3,(H,42,47)/t22-,25-,27-,28+,36-/m1/s1. The van der Waals surface area contributed by atoms with Gasteiger partial charge in [0.05, 0.1) is 43.6 Å². The minimum Gasteiger partial charge on any atom is -0.497 e. The van der Waals surface area contributed by atoms with Crippen LogP contribution in [0.4, 0.5) is 13.2 Å². The van der Waals surface area contributed by atoms with Crippen LogP contribution in [-0.4, -0.2) is 85.6 Å². The Morgan fingerprint density at radius 3 is 2.35 bits per heavy atom. The number of hydrogen-bond donors (Lipinski definition) is 1. The van der Waals surface area contributed by atoms with Crippen LogP contribution in [0.1, 0.15) is 73.1 Å². The number of fused-ring (bicyclic) bond motifs is 1. The van der Waals surface area contributed by atoms with Gasteiger partial charge in [0.25, 0.3) is 0 Å². The molecule has 1 aromatic carbocycles. The summed E-state index contributed by atoms with van der Waals surface area (Å²) in [7, 11) is -2.93. The molecule has 2 amide bonds. The van der Waals surface area contributed by atoms with Crippen molar-refractivity contribution in [1.82, 2.24) is 14.6 Å². The Kier molecular flexibility index (Phi) is 11.2. The highest BCUT2D eigenvalue weighted by atomic mass is 32.2. The van der Waals surface area contributed by atoms with Crippen LogP contribution in [0.3, 0.4) is 0 Å². The fourth-order valence-electron chi connectivity index (χ4n) is 6.65. The Labute approximate surface area is 312 Å². The molecular weight excluding hydrogens is 735 g/mol. The number of pyridine rings is 1. The fraction of sp³-hybridized carbons (Fsp3) is 0.595. The molecule has 0 unspecified atom stereocenters. The summed E-state index contributed by atoms with van der Waals surface area (Å²) < 4.78 is 89.1. The molecule has 1 N–H and O–H groups in total. The summed E-state index contributed by atoms with van der Waals surface area (Å²) in [5.41, 5.74) is -5.31. The average Bonchev–Trinajstić information content (AvgIpc) is 3.97. The van der Waals surface area contributed by atoms with Crippen LogP contribution < -0.4 is 14.2 Å². The molecule has 1 aromatic heterocycles. The second-order valence-electron chi connectivity index (χ2n) is 15.8. The molecule has 5 atom stereocenters. The molecule has 1 saturated heterocycles. The van der Waals surface area contributed by atoms with Crippen LogP contribution in [0.2, 0.25) is 0 Å². The minimum absolute atomic E-state index is 0.0687. The van der Waals surface area contributed by atoms with Crippen LogP contribution in [0.15, 0.2) is 43.1 Å². The number of amides is 2. The van der Waals surface area contributed by atoms with Crippen molar-refractivity contribution in [3.63, 3.8) is 0 Å². The van der Waals surface area contributed by atoms with Crippen LogP contribution >= 0.6 is 0 Å². The maximum atomic E-state index is 14.5. The summed E-state index contributed by atoms with van der Waals surface area (Å²) in [6, 6.07) is 5.76. The van der Waals surface area contributed by atoms with E-state index in [1.165, 1.54) is 24.3 Å². The van der Waals surface area contributed by atoms with Crippen molar-refractivity contribution in [2.24, 2.45) is 22.7 Å². The van der Waals surface area contributed by atoms with Gasteiger partial charge < -0.3 is 19.1 Å². The van der Waals surface area contributed by atoms with E-state index >= 15 is 0 Å². The van der Waals surface area contributed by atoms with Crippen molar-refractivity contribution in [3.05, 3.63) is 43.1 Å². The zero-order valence-electron chi connectivity index (χ0n) is 31.0. The van der Waals surface area contributed by atoms with E-state index in [0.29, 0.717) is 37.8 Å². The summed E-state index contributed by atoms with van der Waals surface area (Å²) in [5, 5.41) is 1.36. The van der Waals surface area contributed by atoms with Crippen LogP contribution in [-0.2, 0) is 38.4 Å². The number of esters is 1. The molecule has 13 nitrogen and oxygen atoms in total. The van der Waals surface area contributed by atoms with E-state index in [4.69, 9.17) is 18.4 Å². The number of halogens is 3. The number of hydrogen-bond acceptors (Lipinski definition) is 11. The molecule has 0 spiro atoms. The van der Waals surface area contributed by atoms with Gasteiger partial charge in [0, 0.05) is 24.4 Å². The van der Waals surface area contributed by atoms with Crippen molar-refractivity contribution in [2.45, 2.75) is 103 Å². The van der Waals surface area contributed by atoms with Crippen molar-refractivity contribution < 1.29 is 59.2 Å². The number of allylic oxidation sites excluding steroid dienone is 1. The Bertz CT molecular complexity index is 1930. The molecule has 2 heterocycles. The lowest BCUT2D eigenvalue weighted by molar-refractivity contribution is -0.257. The van der Waals surface area contributed by atoms with Gasteiger partial charge in [0.15, 0.2) is 5.78 Å². The molecule has 1 aliphatic heterocycles. The maximum absolute atomic E-state index is 14.5. The SMILES string of the molecule is C=C[C@@H]1C[C@]1(CC(=O)[C@@H]1C[C@@H](Oc2nccc3cc(OC)ccc23)CN1C(=O)[C@@H](CC(=O)OC(C)(C)C(F)(F)F)C(C)(C)C)C(=O)NS(=O)(=O)OC1CC1. The lowest BCUT2D eigenvalue weighted by atomic mass is 9.77. The predicted molar refractivity (Wildman–Crippen MR) is 188 cm³/mol. The molecule has 17 heteroatoms. The summed E-state index contributed by atoms with van der Waals surface area (Å²) in [6.07, 6.45) is -3.34. The van der Waals surface area contributed by atoms with E-state index in [-0.39, 0.29) is 25.3 Å². The molecule has 5 rings (SSSR count). The third-order valence-corrected chi connectivity index (χ3v) is 11.2. The first-order valence-electron chi connectivity index (χ1n) is 17.6. The monoisotopic (exact) mass is 781 g/mol. The van der Waals surface area contributed by atoms with Gasteiger partial charge in [-0.25, -0.2) is 9.71 Å². The number of ether oxygens (including phenoxy) is 3. The Hall–Kier alpha value is -4.25. The van der Waals surface area contributed by atoms with Gasteiger partial charge in [-0.2, -0.15) is 21.6 Å². The number of methoxy groups -OCH3 is 1. The van der Waals surface area contributed by atoms with Crippen molar-refractivity contribution >= 4 is 44.6 Å². The third-order valence-electron chi connectivity index (χ3n) is 10.3. The third kappa shape index (κ3) is 8.99. The second-order valence-corrected chi connectivity index (χ2v) is 17.1. The van der Waals surface area contributed by atoms with E-state index in [1.807, 2.05) is 4.72 Å². The first-order chi connectivity index (χ1) is 25.0. The molecule has 296 valence electrons. The first kappa shape index (κ1) is 40.9. The summed E-state index contributed by atoms with van der Waals surface area (Å²) in [5.74, 6) is -4.49. The van der Waals surface area contributed by atoms with Crippen molar-refractivity contribution in [1.29, 1.82) is 0 Å². The largest absolute Gasteiger partial charge is 0.497 e. The Morgan fingerprint density at radius 2 is 1.78 bits per heavy atom. The smallest absolute Gasteiger partial charge is 0.427 e. The number of nitrogens with one attached hydrogen (secondary N) is 1. The minimum atomic E-state index is -4.88. The maximum Gasteiger partial charge on any atom is 0.427 e. The lowest BCUT2D eigenvalue weighted by Gasteiger charge is -2.35. The van der Waals surface area contributed by atoms with Gasteiger partial charge in [-0.15, -0.1) is 6.58 Å².